The zero-order valence-corrected chi connectivity index (χ0v) is 14.4. The van der Waals surface area contributed by atoms with Gasteiger partial charge in [-0.15, -0.1) is 11.3 Å². The van der Waals surface area contributed by atoms with E-state index in [0.717, 1.165) is 11.3 Å². The average Bonchev–Trinajstić information content (AvgIpc) is 2.94. The van der Waals surface area contributed by atoms with Crippen molar-refractivity contribution in [3.63, 3.8) is 0 Å². The molecule has 0 spiro atoms. The maximum atomic E-state index is 11.5. The number of guanidine groups is 1. The molecule has 0 saturated heterocycles. The van der Waals surface area contributed by atoms with Crippen LogP contribution in [-0.4, -0.2) is 43.2 Å². The Hall–Kier alpha value is -1.31. The molecule has 1 amide bonds. The lowest BCUT2D eigenvalue weighted by molar-refractivity contribution is -0.119. The molecule has 0 saturated carbocycles. The van der Waals surface area contributed by atoms with Crippen LogP contribution in [-0.2, 0) is 4.79 Å². The first-order valence-electron chi connectivity index (χ1n) is 7.29. The molecule has 124 valence electrons. The number of aliphatic imine (C=N–C) groups is 1. The van der Waals surface area contributed by atoms with E-state index in [4.69, 9.17) is 11.6 Å². The van der Waals surface area contributed by atoms with E-state index < -0.39 is 6.10 Å². The smallest absolute Gasteiger partial charge is 0.241 e. The van der Waals surface area contributed by atoms with Crippen molar-refractivity contribution in [2.24, 2.45) is 4.99 Å². The standard InChI is InChI=1S/C14H23ClN4O2S/c1-3-7-17-13(21)9-19-14(16-4-2)18-8-10(20)11-5-6-12(15)22-11/h5-6,10,20H,3-4,7-9H2,1-2H3,(H,17,21)(H2,16,18,19). The first-order chi connectivity index (χ1) is 10.6. The third-order valence-corrected chi connectivity index (χ3v) is 4.01. The van der Waals surface area contributed by atoms with E-state index >= 15 is 0 Å². The summed E-state index contributed by atoms with van der Waals surface area (Å²) in [6, 6.07) is 3.55. The molecule has 1 aromatic rings. The highest BCUT2D eigenvalue weighted by molar-refractivity contribution is 7.16. The molecule has 0 radical (unpaired) electrons. The van der Waals surface area contributed by atoms with Crippen LogP contribution < -0.4 is 16.0 Å². The predicted octanol–water partition coefficient (Wildman–Crippen LogP) is 1.52. The molecule has 0 aliphatic carbocycles. The van der Waals surface area contributed by atoms with Gasteiger partial charge in [-0.3, -0.25) is 4.79 Å². The molecule has 1 heterocycles. The zero-order valence-electron chi connectivity index (χ0n) is 12.9. The van der Waals surface area contributed by atoms with Gasteiger partial charge in [0.05, 0.1) is 4.34 Å². The maximum Gasteiger partial charge on any atom is 0.241 e. The first-order valence-corrected chi connectivity index (χ1v) is 8.48. The van der Waals surface area contributed by atoms with Crippen molar-refractivity contribution in [1.82, 2.24) is 16.0 Å². The van der Waals surface area contributed by atoms with E-state index in [1.165, 1.54) is 11.3 Å². The van der Waals surface area contributed by atoms with Gasteiger partial charge in [-0.25, -0.2) is 4.99 Å². The summed E-state index contributed by atoms with van der Waals surface area (Å²) in [5, 5.41) is 18.9. The molecule has 0 fully saturated rings. The summed E-state index contributed by atoms with van der Waals surface area (Å²) in [6.45, 7) is 5.59. The largest absolute Gasteiger partial charge is 0.386 e. The molecule has 0 aromatic carbocycles. The Labute approximate surface area is 140 Å². The Morgan fingerprint density at radius 2 is 2.14 bits per heavy atom. The van der Waals surface area contributed by atoms with Crippen molar-refractivity contribution >= 4 is 34.8 Å². The highest BCUT2D eigenvalue weighted by Crippen LogP contribution is 2.26. The molecule has 0 bridgehead atoms. The van der Waals surface area contributed by atoms with Crippen LogP contribution in [0, 0.1) is 0 Å². The molecule has 0 aliphatic rings. The second-order valence-corrected chi connectivity index (χ2v) is 6.33. The Balaban J connectivity index is 2.47. The molecule has 1 aromatic heterocycles. The Morgan fingerprint density at radius 3 is 2.73 bits per heavy atom. The molecule has 1 unspecified atom stereocenters. The van der Waals surface area contributed by atoms with Crippen LogP contribution >= 0.6 is 22.9 Å². The molecule has 22 heavy (non-hydrogen) atoms. The highest BCUT2D eigenvalue weighted by Gasteiger charge is 2.11. The molecule has 6 nitrogen and oxygen atoms in total. The van der Waals surface area contributed by atoms with Crippen molar-refractivity contribution < 1.29 is 9.90 Å². The molecular formula is C14H23ClN4O2S. The summed E-state index contributed by atoms with van der Waals surface area (Å²) >= 11 is 7.19. The lowest BCUT2D eigenvalue weighted by atomic mass is 10.3. The fourth-order valence-electron chi connectivity index (χ4n) is 1.61. The number of thiophene rings is 1. The normalized spacial score (nSPS) is 12.8. The molecule has 4 N–H and O–H groups in total. The number of aliphatic hydroxyl groups excluding tert-OH is 1. The van der Waals surface area contributed by atoms with Gasteiger partial charge in [0.25, 0.3) is 0 Å². The minimum atomic E-state index is -0.671. The van der Waals surface area contributed by atoms with Gasteiger partial charge in [0.1, 0.15) is 12.6 Å². The van der Waals surface area contributed by atoms with Crippen LogP contribution in [0.1, 0.15) is 31.2 Å². The van der Waals surface area contributed by atoms with Crippen molar-refractivity contribution in [3.8, 4) is 0 Å². The summed E-state index contributed by atoms with van der Waals surface area (Å²) in [4.78, 5) is 16.5. The number of carbonyl (C=O) groups is 1. The number of halogens is 1. The summed E-state index contributed by atoms with van der Waals surface area (Å²) in [7, 11) is 0. The van der Waals surface area contributed by atoms with Gasteiger partial charge in [0.15, 0.2) is 5.96 Å². The molecular weight excluding hydrogens is 324 g/mol. The number of hydrogen-bond acceptors (Lipinski definition) is 4. The quantitative estimate of drug-likeness (QED) is 0.424. The predicted molar refractivity (Wildman–Crippen MR) is 91.6 cm³/mol. The van der Waals surface area contributed by atoms with Crippen molar-refractivity contribution in [3.05, 3.63) is 21.3 Å². The van der Waals surface area contributed by atoms with Crippen LogP contribution in [0.4, 0.5) is 0 Å². The Kier molecular flexibility index (Phi) is 8.88. The number of carbonyl (C=O) groups excluding carboxylic acids is 1. The van der Waals surface area contributed by atoms with Gasteiger partial charge in [-0.2, -0.15) is 0 Å². The maximum absolute atomic E-state index is 11.5. The minimum Gasteiger partial charge on any atom is -0.386 e. The summed E-state index contributed by atoms with van der Waals surface area (Å²) in [5.41, 5.74) is 0. The lowest BCUT2D eigenvalue weighted by Crippen LogP contribution is -2.40. The van der Waals surface area contributed by atoms with Gasteiger partial charge >= 0.3 is 0 Å². The second-order valence-electron chi connectivity index (χ2n) is 4.58. The van der Waals surface area contributed by atoms with Gasteiger partial charge in [-0.1, -0.05) is 18.5 Å². The molecule has 0 aliphatic heterocycles. The zero-order chi connectivity index (χ0) is 16.4. The average molecular weight is 347 g/mol. The third-order valence-electron chi connectivity index (χ3n) is 2.68. The van der Waals surface area contributed by atoms with Crippen molar-refractivity contribution in [2.45, 2.75) is 26.4 Å². The fraction of sp³-hybridized carbons (Fsp3) is 0.571. The number of nitrogens with one attached hydrogen (secondary N) is 3. The van der Waals surface area contributed by atoms with E-state index in [-0.39, 0.29) is 12.5 Å². The van der Waals surface area contributed by atoms with Crippen LogP contribution in [0.15, 0.2) is 17.1 Å². The topological polar surface area (TPSA) is 85.8 Å². The van der Waals surface area contributed by atoms with Crippen molar-refractivity contribution in [1.29, 1.82) is 0 Å². The van der Waals surface area contributed by atoms with Gasteiger partial charge in [0.2, 0.25) is 5.91 Å². The van der Waals surface area contributed by atoms with E-state index in [9.17, 15) is 9.90 Å². The Bertz CT molecular complexity index is 493. The number of nitrogens with zero attached hydrogens (tertiary/aromatic N) is 1. The van der Waals surface area contributed by atoms with Crippen LogP contribution in [0.2, 0.25) is 4.34 Å². The fourth-order valence-corrected chi connectivity index (χ4v) is 2.66. The van der Waals surface area contributed by atoms with E-state index in [1.807, 2.05) is 13.8 Å². The number of amides is 1. The van der Waals surface area contributed by atoms with E-state index in [0.29, 0.717) is 29.9 Å². The van der Waals surface area contributed by atoms with Crippen molar-refractivity contribution in [2.75, 3.05) is 26.2 Å². The third kappa shape index (κ3) is 7.11. The minimum absolute atomic E-state index is 0.0518. The highest BCUT2D eigenvalue weighted by atomic mass is 35.5. The number of rotatable bonds is 8. The van der Waals surface area contributed by atoms with Gasteiger partial charge < -0.3 is 21.1 Å². The summed E-state index contributed by atoms with van der Waals surface area (Å²) in [6.07, 6.45) is 0.221. The van der Waals surface area contributed by atoms with Gasteiger partial charge in [-0.05, 0) is 25.5 Å². The monoisotopic (exact) mass is 346 g/mol. The first kappa shape index (κ1) is 18.7. The molecule has 1 atom stereocenters. The van der Waals surface area contributed by atoms with Crippen LogP contribution in [0.3, 0.4) is 0 Å². The van der Waals surface area contributed by atoms with E-state index in [2.05, 4.69) is 20.9 Å². The van der Waals surface area contributed by atoms with Crippen LogP contribution in [0.25, 0.3) is 0 Å². The summed E-state index contributed by atoms with van der Waals surface area (Å²) in [5.74, 6) is 0.375. The molecule has 8 heteroatoms. The number of hydrogen-bond donors (Lipinski definition) is 4. The van der Waals surface area contributed by atoms with E-state index in [1.54, 1.807) is 12.1 Å². The summed E-state index contributed by atoms with van der Waals surface area (Å²) < 4.78 is 0.641. The second kappa shape index (κ2) is 10.4. The Morgan fingerprint density at radius 1 is 1.36 bits per heavy atom. The van der Waals surface area contributed by atoms with Crippen LogP contribution in [0.5, 0.6) is 0 Å². The lowest BCUT2D eigenvalue weighted by Gasteiger charge is -2.14. The SMILES string of the molecule is CCCNC(=O)CN=C(NCC)NCC(O)c1ccc(Cl)s1. The number of aliphatic hydroxyl groups is 1. The van der Waals surface area contributed by atoms with Gasteiger partial charge in [0, 0.05) is 24.5 Å². The molecule has 1 rings (SSSR count).